The molecule has 2 saturated heterocycles. The minimum absolute atomic E-state index is 0.0663. The highest BCUT2D eigenvalue weighted by Gasteiger charge is 2.21. The van der Waals surface area contributed by atoms with Crippen molar-refractivity contribution in [3.63, 3.8) is 0 Å². The van der Waals surface area contributed by atoms with Gasteiger partial charge in [0.15, 0.2) is 0 Å². The molecule has 0 aliphatic carbocycles. The molecule has 1 N–H and O–H groups in total. The molecule has 0 aromatic heterocycles. The molecular weight excluding hydrogens is 242 g/mol. The van der Waals surface area contributed by atoms with Gasteiger partial charge in [0.2, 0.25) is 12.3 Å². The molecule has 0 spiro atoms. The minimum atomic E-state index is 0.0663. The molecule has 106 valence electrons. The lowest BCUT2D eigenvalue weighted by molar-refractivity contribution is -0.127. The van der Waals surface area contributed by atoms with Gasteiger partial charge in [0.25, 0.3) is 0 Å². The van der Waals surface area contributed by atoms with Crippen molar-refractivity contribution in [1.29, 1.82) is 0 Å². The number of amides is 2. The van der Waals surface area contributed by atoms with Crippen molar-refractivity contribution < 1.29 is 9.59 Å². The summed E-state index contributed by atoms with van der Waals surface area (Å²) in [5.74, 6) is 0.0663. The van der Waals surface area contributed by atoms with E-state index in [9.17, 15) is 9.59 Å². The Labute approximate surface area is 114 Å². The van der Waals surface area contributed by atoms with E-state index in [1.54, 1.807) is 6.08 Å². The maximum atomic E-state index is 12.0. The molecule has 0 aromatic carbocycles. The van der Waals surface area contributed by atoms with E-state index in [0.717, 1.165) is 45.4 Å². The normalized spacial score (nSPS) is 24.8. The summed E-state index contributed by atoms with van der Waals surface area (Å²) >= 11 is 0. The lowest BCUT2D eigenvalue weighted by Crippen LogP contribution is -2.47. The fourth-order valence-electron chi connectivity index (χ4n) is 2.78. The summed E-state index contributed by atoms with van der Waals surface area (Å²) < 4.78 is 0. The van der Waals surface area contributed by atoms with Crippen molar-refractivity contribution in [2.24, 2.45) is 0 Å². The molecule has 0 radical (unpaired) electrons. The Morgan fingerprint density at radius 2 is 2.00 bits per heavy atom. The van der Waals surface area contributed by atoms with Crippen LogP contribution in [0.25, 0.3) is 0 Å². The number of nitrogens with zero attached hydrogens (tertiary/aromatic N) is 2. The highest BCUT2D eigenvalue weighted by atomic mass is 16.2. The molecule has 2 aliphatic heterocycles. The maximum Gasteiger partial charge on any atom is 0.246 e. The minimum Gasteiger partial charge on any atom is -0.354 e. The summed E-state index contributed by atoms with van der Waals surface area (Å²) in [6.45, 7) is 4.59. The van der Waals surface area contributed by atoms with Crippen LogP contribution in [0.15, 0.2) is 12.2 Å². The molecule has 0 bridgehead atoms. The lowest BCUT2D eigenvalue weighted by atomic mass is 10.1. The van der Waals surface area contributed by atoms with Crippen LogP contribution in [-0.2, 0) is 9.59 Å². The average Bonchev–Trinajstić information content (AvgIpc) is 2.92. The van der Waals surface area contributed by atoms with Crippen molar-refractivity contribution in [3.05, 3.63) is 12.2 Å². The number of nitrogens with one attached hydrogen (secondary N) is 1. The zero-order valence-corrected chi connectivity index (χ0v) is 11.4. The van der Waals surface area contributed by atoms with Gasteiger partial charge in [-0.3, -0.25) is 14.5 Å². The van der Waals surface area contributed by atoms with E-state index in [1.165, 1.54) is 12.8 Å². The molecule has 2 aliphatic rings. The zero-order valence-electron chi connectivity index (χ0n) is 11.4. The molecule has 2 rings (SSSR count). The van der Waals surface area contributed by atoms with Crippen LogP contribution in [0.3, 0.4) is 0 Å². The summed E-state index contributed by atoms with van der Waals surface area (Å²) in [5, 5.41) is 2.76. The van der Waals surface area contributed by atoms with Gasteiger partial charge in [-0.25, -0.2) is 0 Å². The number of hydrogen-bond donors (Lipinski definition) is 1. The Bertz CT molecular complexity index is 338. The monoisotopic (exact) mass is 265 g/mol. The van der Waals surface area contributed by atoms with E-state index in [-0.39, 0.29) is 11.9 Å². The fourth-order valence-corrected chi connectivity index (χ4v) is 2.78. The van der Waals surface area contributed by atoms with E-state index in [0.29, 0.717) is 6.54 Å². The molecule has 2 heterocycles. The van der Waals surface area contributed by atoms with Crippen molar-refractivity contribution in [3.8, 4) is 0 Å². The first-order valence-corrected chi connectivity index (χ1v) is 7.17. The topological polar surface area (TPSA) is 52.7 Å². The Hall–Kier alpha value is -1.36. The number of hydrogen-bond acceptors (Lipinski definition) is 3. The quantitative estimate of drug-likeness (QED) is 0.577. The van der Waals surface area contributed by atoms with Gasteiger partial charge in [-0.05, 0) is 38.8 Å². The van der Waals surface area contributed by atoms with Gasteiger partial charge in [0.1, 0.15) is 0 Å². The van der Waals surface area contributed by atoms with Crippen LogP contribution in [0, 0.1) is 0 Å². The van der Waals surface area contributed by atoms with E-state index >= 15 is 0 Å². The summed E-state index contributed by atoms with van der Waals surface area (Å²) in [5.41, 5.74) is 0. The molecule has 5 heteroatoms. The molecule has 0 aromatic rings. The fraction of sp³-hybridized carbons (Fsp3) is 0.714. The highest BCUT2D eigenvalue weighted by Crippen LogP contribution is 2.10. The van der Waals surface area contributed by atoms with Crippen LogP contribution in [0.1, 0.15) is 25.7 Å². The Kier molecular flexibility index (Phi) is 5.39. The van der Waals surface area contributed by atoms with Gasteiger partial charge >= 0.3 is 0 Å². The van der Waals surface area contributed by atoms with Crippen LogP contribution in [0.5, 0.6) is 0 Å². The van der Waals surface area contributed by atoms with Crippen molar-refractivity contribution >= 4 is 12.3 Å². The molecule has 19 heavy (non-hydrogen) atoms. The Morgan fingerprint density at radius 1 is 1.21 bits per heavy atom. The molecule has 1 unspecified atom stereocenters. The van der Waals surface area contributed by atoms with Crippen LogP contribution in [0.4, 0.5) is 0 Å². The van der Waals surface area contributed by atoms with E-state index in [2.05, 4.69) is 10.2 Å². The third-order valence-electron chi connectivity index (χ3n) is 3.86. The number of likely N-dealkylation sites (tertiary alicyclic amines) is 2. The standard InChI is InChI=1S/C14H23N3O2/c18-12-15-13-5-3-10-17(11-13)14(19)6-4-9-16-7-1-2-8-16/h4,6,12-13H,1-3,5,7-11H2,(H,15,18)/b6-4+. The van der Waals surface area contributed by atoms with Crippen LogP contribution in [-0.4, -0.2) is 60.9 Å². The zero-order chi connectivity index (χ0) is 13.5. The van der Waals surface area contributed by atoms with Gasteiger partial charge in [-0.2, -0.15) is 0 Å². The van der Waals surface area contributed by atoms with Gasteiger partial charge in [0, 0.05) is 31.8 Å². The first kappa shape index (κ1) is 14.1. The van der Waals surface area contributed by atoms with Gasteiger partial charge in [-0.15, -0.1) is 0 Å². The lowest BCUT2D eigenvalue weighted by Gasteiger charge is -2.31. The van der Waals surface area contributed by atoms with Crippen molar-refractivity contribution in [1.82, 2.24) is 15.1 Å². The number of carbonyl (C=O) groups is 2. The van der Waals surface area contributed by atoms with Crippen molar-refractivity contribution in [2.45, 2.75) is 31.7 Å². The van der Waals surface area contributed by atoms with Gasteiger partial charge in [-0.1, -0.05) is 6.08 Å². The second-order valence-electron chi connectivity index (χ2n) is 5.32. The second kappa shape index (κ2) is 7.28. The largest absolute Gasteiger partial charge is 0.354 e. The second-order valence-corrected chi connectivity index (χ2v) is 5.32. The molecule has 2 amide bonds. The molecule has 5 nitrogen and oxygen atoms in total. The Balaban J connectivity index is 1.74. The third-order valence-corrected chi connectivity index (χ3v) is 3.86. The predicted molar refractivity (Wildman–Crippen MR) is 73.6 cm³/mol. The molecular formula is C14H23N3O2. The summed E-state index contributed by atoms with van der Waals surface area (Å²) in [6, 6.07) is 0.113. The Morgan fingerprint density at radius 3 is 2.74 bits per heavy atom. The van der Waals surface area contributed by atoms with E-state index in [1.807, 2.05) is 11.0 Å². The molecule has 2 fully saturated rings. The number of piperidine rings is 1. The SMILES string of the molecule is O=CNC1CCCN(C(=O)/C=C/CN2CCCC2)C1. The molecule has 1 atom stereocenters. The van der Waals surface area contributed by atoms with Gasteiger partial charge < -0.3 is 10.2 Å². The predicted octanol–water partition coefficient (Wildman–Crippen LogP) is 0.375. The van der Waals surface area contributed by atoms with Gasteiger partial charge in [0.05, 0.1) is 0 Å². The summed E-state index contributed by atoms with van der Waals surface area (Å²) in [7, 11) is 0. The number of carbonyl (C=O) groups excluding carboxylic acids is 2. The van der Waals surface area contributed by atoms with E-state index < -0.39 is 0 Å². The average molecular weight is 265 g/mol. The summed E-state index contributed by atoms with van der Waals surface area (Å²) in [6.07, 6.45) is 8.82. The number of rotatable bonds is 5. The first-order chi connectivity index (χ1) is 9.29. The first-order valence-electron chi connectivity index (χ1n) is 7.17. The van der Waals surface area contributed by atoms with Crippen LogP contribution >= 0.6 is 0 Å². The van der Waals surface area contributed by atoms with Crippen molar-refractivity contribution in [2.75, 3.05) is 32.7 Å². The molecule has 0 saturated carbocycles. The highest BCUT2D eigenvalue weighted by molar-refractivity contribution is 5.87. The van der Waals surface area contributed by atoms with E-state index in [4.69, 9.17) is 0 Å². The smallest absolute Gasteiger partial charge is 0.246 e. The van der Waals surface area contributed by atoms with Crippen LogP contribution < -0.4 is 5.32 Å². The van der Waals surface area contributed by atoms with Crippen LogP contribution in [0.2, 0.25) is 0 Å². The summed E-state index contributed by atoms with van der Waals surface area (Å²) in [4.78, 5) is 26.6. The third kappa shape index (κ3) is 4.35. The maximum absolute atomic E-state index is 12.0.